The Morgan fingerprint density at radius 3 is 2.93 bits per heavy atom. The van der Waals surface area contributed by atoms with Crippen LogP contribution in [-0.4, -0.2) is 14.9 Å². The van der Waals surface area contributed by atoms with Crippen molar-refractivity contribution >= 4 is 28.8 Å². The third-order valence-electron chi connectivity index (χ3n) is 6.55. The molecule has 2 aliphatic carbocycles. The number of halogens is 1. The van der Waals surface area contributed by atoms with Gasteiger partial charge in [-0.1, -0.05) is 30.8 Å². The average molecular weight is 390 g/mol. The molecular weight excluding hydrogens is 371 g/mol. The third kappa shape index (κ3) is 2.29. The summed E-state index contributed by atoms with van der Waals surface area (Å²) in [5.41, 5.74) is 9.76. The lowest BCUT2D eigenvalue weighted by atomic mass is 9.66. The van der Waals surface area contributed by atoms with Gasteiger partial charge in [-0.2, -0.15) is 5.26 Å². The highest BCUT2D eigenvalue weighted by Crippen LogP contribution is 2.72. The summed E-state index contributed by atoms with van der Waals surface area (Å²) in [7, 11) is 0. The van der Waals surface area contributed by atoms with Gasteiger partial charge in [-0.15, -0.1) is 0 Å². The minimum Gasteiger partial charge on any atom is -0.378 e. The number of fused-ring (bicyclic) bond motifs is 4. The summed E-state index contributed by atoms with van der Waals surface area (Å²) in [6.45, 7) is 4.54. The molecule has 6 heteroatoms. The molecule has 2 aromatic rings. The van der Waals surface area contributed by atoms with Crippen molar-refractivity contribution in [2.45, 2.75) is 30.6 Å². The zero-order chi connectivity index (χ0) is 19.7. The summed E-state index contributed by atoms with van der Waals surface area (Å²) in [4.78, 5) is 8.90. The molecule has 0 radical (unpaired) electrons. The summed E-state index contributed by atoms with van der Waals surface area (Å²) in [6, 6.07) is 11.1. The SMILES string of the molecule is CC1C2[C@@]1(C)SC(N)=N[C@@]21Cc2ccc(/C=C(\F)c3ccc(C#N)cn3)cc21. The molecule has 0 amide bonds. The van der Waals surface area contributed by atoms with Crippen LogP contribution in [0.25, 0.3) is 11.9 Å². The summed E-state index contributed by atoms with van der Waals surface area (Å²) in [5.74, 6) is 0.591. The molecule has 2 unspecified atom stereocenters. The van der Waals surface area contributed by atoms with Crippen LogP contribution in [0.4, 0.5) is 4.39 Å². The van der Waals surface area contributed by atoms with E-state index in [-0.39, 0.29) is 16.0 Å². The van der Waals surface area contributed by atoms with E-state index >= 15 is 0 Å². The first-order valence-electron chi connectivity index (χ1n) is 9.29. The van der Waals surface area contributed by atoms with Crippen LogP contribution in [-0.2, 0) is 12.0 Å². The predicted molar refractivity (Wildman–Crippen MR) is 110 cm³/mol. The number of amidine groups is 1. The highest BCUT2D eigenvalue weighted by molar-refractivity contribution is 8.15. The van der Waals surface area contributed by atoms with Gasteiger partial charge in [0.1, 0.15) is 11.9 Å². The molecule has 3 aliphatic rings. The normalized spacial score (nSPS) is 32.6. The Labute approximate surface area is 167 Å². The second-order valence-electron chi connectivity index (χ2n) is 8.06. The summed E-state index contributed by atoms with van der Waals surface area (Å²) in [6.07, 6.45) is 3.76. The van der Waals surface area contributed by atoms with Crippen molar-refractivity contribution in [1.29, 1.82) is 5.26 Å². The third-order valence-corrected chi connectivity index (χ3v) is 7.92. The Bertz CT molecular complexity index is 1100. The number of hydrogen-bond acceptors (Lipinski definition) is 5. The van der Waals surface area contributed by atoms with Crippen molar-refractivity contribution in [2.24, 2.45) is 22.6 Å². The fourth-order valence-corrected chi connectivity index (χ4v) is 6.41. The zero-order valence-electron chi connectivity index (χ0n) is 15.6. The van der Waals surface area contributed by atoms with E-state index in [4.69, 9.17) is 16.0 Å². The van der Waals surface area contributed by atoms with Crippen molar-refractivity contribution in [1.82, 2.24) is 4.98 Å². The first kappa shape index (κ1) is 17.4. The van der Waals surface area contributed by atoms with Crippen LogP contribution in [0, 0.1) is 23.2 Å². The van der Waals surface area contributed by atoms with E-state index < -0.39 is 5.83 Å². The molecule has 4 nitrogen and oxygen atoms in total. The van der Waals surface area contributed by atoms with Crippen LogP contribution < -0.4 is 5.73 Å². The van der Waals surface area contributed by atoms with E-state index in [0.717, 1.165) is 12.0 Å². The van der Waals surface area contributed by atoms with Crippen LogP contribution in [0.1, 0.15) is 41.8 Å². The van der Waals surface area contributed by atoms with E-state index in [1.165, 1.54) is 29.5 Å². The van der Waals surface area contributed by atoms with Gasteiger partial charge < -0.3 is 5.73 Å². The number of aliphatic imine (C=N–C) groups is 1. The fraction of sp³-hybridized carbons (Fsp3) is 0.318. The van der Waals surface area contributed by atoms with Crippen molar-refractivity contribution in [3.05, 3.63) is 64.5 Å². The Morgan fingerprint density at radius 2 is 2.21 bits per heavy atom. The molecule has 1 spiro atoms. The van der Waals surface area contributed by atoms with Gasteiger partial charge in [0.25, 0.3) is 0 Å². The van der Waals surface area contributed by atoms with Gasteiger partial charge in [-0.3, -0.25) is 9.98 Å². The number of aromatic nitrogens is 1. The highest BCUT2D eigenvalue weighted by Gasteiger charge is 2.72. The van der Waals surface area contributed by atoms with Gasteiger partial charge >= 0.3 is 0 Å². The van der Waals surface area contributed by atoms with Crippen LogP contribution in [0.3, 0.4) is 0 Å². The van der Waals surface area contributed by atoms with E-state index in [2.05, 4.69) is 24.9 Å². The maximum Gasteiger partial charge on any atom is 0.155 e. The molecule has 1 aromatic heterocycles. The first-order chi connectivity index (χ1) is 13.4. The van der Waals surface area contributed by atoms with Crippen LogP contribution >= 0.6 is 11.8 Å². The van der Waals surface area contributed by atoms with E-state index in [1.54, 1.807) is 17.8 Å². The molecule has 28 heavy (non-hydrogen) atoms. The molecular formula is C22H19FN4S. The quantitative estimate of drug-likeness (QED) is 0.831. The van der Waals surface area contributed by atoms with Gasteiger partial charge in [-0.25, -0.2) is 4.39 Å². The smallest absolute Gasteiger partial charge is 0.155 e. The number of pyridine rings is 1. The summed E-state index contributed by atoms with van der Waals surface area (Å²) in [5, 5.41) is 9.50. The molecule has 1 saturated carbocycles. The van der Waals surface area contributed by atoms with Crippen molar-refractivity contribution < 1.29 is 4.39 Å². The van der Waals surface area contributed by atoms with Crippen LogP contribution in [0.5, 0.6) is 0 Å². The minimum absolute atomic E-state index is 0.146. The number of hydrogen-bond donors (Lipinski definition) is 1. The van der Waals surface area contributed by atoms with E-state index in [9.17, 15) is 4.39 Å². The topological polar surface area (TPSA) is 75.1 Å². The number of nitriles is 1. The van der Waals surface area contributed by atoms with Crippen LogP contribution in [0.15, 0.2) is 41.5 Å². The highest BCUT2D eigenvalue weighted by atomic mass is 32.2. The fourth-order valence-electron chi connectivity index (χ4n) is 4.97. The predicted octanol–water partition coefficient (Wildman–Crippen LogP) is 4.26. The van der Waals surface area contributed by atoms with Crippen molar-refractivity contribution in [3.8, 4) is 6.07 Å². The number of benzene rings is 1. The van der Waals surface area contributed by atoms with Gasteiger partial charge in [0, 0.05) is 23.3 Å². The maximum absolute atomic E-state index is 14.7. The Balaban J connectivity index is 1.50. The van der Waals surface area contributed by atoms with E-state index in [0.29, 0.717) is 22.6 Å². The number of thioether (sulfide) groups is 1. The monoisotopic (exact) mass is 390 g/mol. The largest absolute Gasteiger partial charge is 0.378 e. The number of nitrogens with two attached hydrogens (primary N) is 1. The van der Waals surface area contributed by atoms with Crippen molar-refractivity contribution in [2.75, 3.05) is 0 Å². The summed E-state index contributed by atoms with van der Waals surface area (Å²) < 4.78 is 14.8. The Hall–Kier alpha value is -2.65. The van der Waals surface area contributed by atoms with Gasteiger partial charge in [0.2, 0.25) is 0 Å². The molecule has 1 aromatic carbocycles. The zero-order valence-corrected chi connectivity index (χ0v) is 16.4. The Morgan fingerprint density at radius 1 is 1.39 bits per heavy atom. The minimum atomic E-state index is -0.426. The second-order valence-corrected chi connectivity index (χ2v) is 9.56. The van der Waals surface area contributed by atoms with E-state index in [1.807, 2.05) is 18.2 Å². The van der Waals surface area contributed by atoms with Gasteiger partial charge in [0.05, 0.1) is 16.8 Å². The average Bonchev–Trinajstić information content (AvgIpc) is 3.22. The van der Waals surface area contributed by atoms with Crippen LogP contribution in [0.2, 0.25) is 0 Å². The first-order valence-corrected chi connectivity index (χ1v) is 10.1. The Kier molecular flexibility index (Phi) is 3.54. The molecule has 0 bridgehead atoms. The number of nitrogens with zero attached hydrogens (tertiary/aromatic N) is 3. The molecule has 4 atom stereocenters. The lowest BCUT2D eigenvalue weighted by Crippen LogP contribution is -2.45. The van der Waals surface area contributed by atoms with Crippen molar-refractivity contribution in [3.63, 3.8) is 0 Å². The molecule has 1 aliphatic heterocycles. The summed E-state index contributed by atoms with van der Waals surface area (Å²) >= 11 is 1.69. The lowest BCUT2D eigenvalue weighted by Gasteiger charge is -2.45. The second kappa shape index (κ2) is 5.68. The van der Waals surface area contributed by atoms with Gasteiger partial charge in [-0.05, 0) is 53.8 Å². The van der Waals surface area contributed by atoms with Gasteiger partial charge in [0.15, 0.2) is 5.17 Å². The number of rotatable bonds is 2. The molecule has 2 N–H and O–H groups in total. The standard InChI is InChI=1S/C22H19FN4S/c1-12-19-21(12,2)28-20(25)27-22(19)9-15-5-3-13(7-16(15)22)8-17(23)18-6-4-14(10-24)11-26-18/h3-8,11-12,19H,9H2,1-2H3,(H2,25,27)/b17-8-/t12?,19?,21-,22+/m0/s1. The molecule has 5 rings (SSSR count). The molecule has 2 heterocycles. The molecule has 0 saturated heterocycles. The lowest BCUT2D eigenvalue weighted by molar-refractivity contribution is 0.313. The molecule has 140 valence electrons. The maximum atomic E-state index is 14.7. The molecule has 1 fully saturated rings.